The molecule has 0 radical (unpaired) electrons. The number of hydrogen-bond acceptors (Lipinski definition) is 1. The summed E-state index contributed by atoms with van der Waals surface area (Å²) in [6.07, 6.45) is 6.96. The highest BCUT2D eigenvalue weighted by Crippen LogP contribution is 2.26. The lowest BCUT2D eigenvalue weighted by Crippen LogP contribution is -2.38. The van der Waals surface area contributed by atoms with Gasteiger partial charge in [-0.15, -0.1) is 0 Å². The van der Waals surface area contributed by atoms with Crippen LogP contribution in [0.3, 0.4) is 0 Å². The Hall–Kier alpha value is -0.300. The van der Waals surface area contributed by atoms with E-state index in [4.69, 9.17) is 0 Å². The second kappa shape index (κ2) is 5.43. The van der Waals surface area contributed by atoms with Gasteiger partial charge in [-0.05, 0) is 25.7 Å². The Balaban J connectivity index is 2.31. The van der Waals surface area contributed by atoms with Crippen molar-refractivity contribution >= 4 is 0 Å². The SMILES string of the molecule is C=C(C)CNC1CCCCC1CC. The molecule has 76 valence electrons. The Kier molecular flexibility index (Phi) is 4.51. The molecule has 1 rings (SSSR count). The van der Waals surface area contributed by atoms with E-state index in [1.165, 1.54) is 37.7 Å². The summed E-state index contributed by atoms with van der Waals surface area (Å²) in [6.45, 7) is 9.33. The van der Waals surface area contributed by atoms with E-state index in [0.29, 0.717) is 0 Å². The first-order valence-corrected chi connectivity index (χ1v) is 5.61. The lowest BCUT2D eigenvalue weighted by molar-refractivity contribution is 0.261. The molecule has 0 aromatic carbocycles. The van der Waals surface area contributed by atoms with E-state index < -0.39 is 0 Å². The molecule has 0 amide bonds. The van der Waals surface area contributed by atoms with E-state index in [-0.39, 0.29) is 0 Å². The van der Waals surface area contributed by atoms with Gasteiger partial charge in [0.1, 0.15) is 0 Å². The van der Waals surface area contributed by atoms with Gasteiger partial charge in [-0.3, -0.25) is 0 Å². The van der Waals surface area contributed by atoms with E-state index in [1.54, 1.807) is 0 Å². The Morgan fingerprint density at radius 2 is 2.08 bits per heavy atom. The smallest absolute Gasteiger partial charge is 0.0161 e. The molecule has 1 aliphatic carbocycles. The Morgan fingerprint density at radius 3 is 2.69 bits per heavy atom. The third-order valence-corrected chi connectivity index (χ3v) is 3.10. The molecule has 0 saturated heterocycles. The summed E-state index contributed by atoms with van der Waals surface area (Å²) in [5, 5.41) is 3.62. The Morgan fingerprint density at radius 1 is 1.38 bits per heavy atom. The minimum absolute atomic E-state index is 0.760. The molecular weight excluding hydrogens is 158 g/mol. The quantitative estimate of drug-likeness (QED) is 0.657. The lowest BCUT2D eigenvalue weighted by atomic mass is 9.83. The van der Waals surface area contributed by atoms with Crippen molar-refractivity contribution in [3.05, 3.63) is 12.2 Å². The van der Waals surface area contributed by atoms with E-state index in [9.17, 15) is 0 Å². The average molecular weight is 181 g/mol. The predicted molar refractivity (Wildman–Crippen MR) is 58.9 cm³/mol. The Bertz CT molecular complexity index is 163. The molecule has 1 N–H and O–H groups in total. The van der Waals surface area contributed by atoms with Crippen LogP contribution in [0, 0.1) is 5.92 Å². The van der Waals surface area contributed by atoms with Crippen molar-refractivity contribution in [3.63, 3.8) is 0 Å². The van der Waals surface area contributed by atoms with Gasteiger partial charge in [0, 0.05) is 12.6 Å². The molecule has 1 fully saturated rings. The molecule has 1 nitrogen and oxygen atoms in total. The summed E-state index contributed by atoms with van der Waals surface area (Å²) >= 11 is 0. The van der Waals surface area contributed by atoms with Crippen LogP contribution in [-0.4, -0.2) is 12.6 Å². The van der Waals surface area contributed by atoms with Crippen LogP contribution in [0.15, 0.2) is 12.2 Å². The van der Waals surface area contributed by atoms with E-state index in [1.807, 2.05) is 0 Å². The van der Waals surface area contributed by atoms with Crippen molar-refractivity contribution in [1.82, 2.24) is 5.32 Å². The van der Waals surface area contributed by atoms with Crippen molar-refractivity contribution in [2.24, 2.45) is 5.92 Å². The molecule has 0 bridgehead atoms. The van der Waals surface area contributed by atoms with Gasteiger partial charge in [0.2, 0.25) is 0 Å². The van der Waals surface area contributed by atoms with Crippen molar-refractivity contribution in [2.75, 3.05) is 6.54 Å². The molecule has 0 heterocycles. The molecule has 1 heteroatoms. The van der Waals surface area contributed by atoms with Crippen LogP contribution in [-0.2, 0) is 0 Å². The van der Waals surface area contributed by atoms with E-state index >= 15 is 0 Å². The van der Waals surface area contributed by atoms with E-state index in [2.05, 4.69) is 25.7 Å². The fourth-order valence-corrected chi connectivity index (χ4v) is 2.27. The zero-order valence-corrected chi connectivity index (χ0v) is 9.10. The third-order valence-electron chi connectivity index (χ3n) is 3.10. The zero-order valence-electron chi connectivity index (χ0n) is 9.10. The largest absolute Gasteiger partial charge is 0.310 e. The highest BCUT2D eigenvalue weighted by atomic mass is 14.9. The molecule has 2 atom stereocenters. The highest BCUT2D eigenvalue weighted by molar-refractivity contribution is 4.93. The van der Waals surface area contributed by atoms with Gasteiger partial charge in [-0.25, -0.2) is 0 Å². The minimum atomic E-state index is 0.760. The minimum Gasteiger partial charge on any atom is -0.310 e. The lowest BCUT2D eigenvalue weighted by Gasteiger charge is -2.31. The van der Waals surface area contributed by atoms with Crippen LogP contribution in [0.4, 0.5) is 0 Å². The normalized spacial score (nSPS) is 28.8. The summed E-state index contributed by atoms with van der Waals surface area (Å²) < 4.78 is 0. The second-order valence-electron chi connectivity index (χ2n) is 4.40. The van der Waals surface area contributed by atoms with Crippen LogP contribution >= 0.6 is 0 Å². The van der Waals surface area contributed by atoms with Gasteiger partial charge in [-0.1, -0.05) is 38.3 Å². The third kappa shape index (κ3) is 3.51. The predicted octanol–water partition coefficient (Wildman–Crippen LogP) is 3.12. The van der Waals surface area contributed by atoms with Crippen molar-refractivity contribution in [1.29, 1.82) is 0 Å². The molecule has 0 spiro atoms. The van der Waals surface area contributed by atoms with Crippen molar-refractivity contribution in [3.8, 4) is 0 Å². The van der Waals surface area contributed by atoms with Crippen molar-refractivity contribution < 1.29 is 0 Å². The summed E-state index contributed by atoms with van der Waals surface area (Å²) in [5.41, 5.74) is 1.25. The van der Waals surface area contributed by atoms with Gasteiger partial charge >= 0.3 is 0 Å². The fraction of sp³-hybridized carbons (Fsp3) is 0.833. The number of hydrogen-bond donors (Lipinski definition) is 1. The van der Waals surface area contributed by atoms with Gasteiger partial charge in [0.05, 0.1) is 0 Å². The van der Waals surface area contributed by atoms with Crippen LogP contribution in [0.5, 0.6) is 0 Å². The molecule has 13 heavy (non-hydrogen) atoms. The topological polar surface area (TPSA) is 12.0 Å². The standard InChI is InChI=1S/C12H23N/c1-4-11-7-5-6-8-12(11)13-9-10(2)3/h11-13H,2,4-9H2,1,3H3. The first-order valence-electron chi connectivity index (χ1n) is 5.61. The second-order valence-corrected chi connectivity index (χ2v) is 4.40. The molecular formula is C12H23N. The molecule has 0 aliphatic heterocycles. The molecule has 1 saturated carbocycles. The van der Waals surface area contributed by atoms with Gasteiger partial charge in [0.25, 0.3) is 0 Å². The highest BCUT2D eigenvalue weighted by Gasteiger charge is 2.22. The van der Waals surface area contributed by atoms with Crippen LogP contribution in [0.2, 0.25) is 0 Å². The van der Waals surface area contributed by atoms with Crippen molar-refractivity contribution in [2.45, 2.75) is 52.0 Å². The Labute approximate surface area is 82.6 Å². The van der Waals surface area contributed by atoms with Crippen LogP contribution in [0.1, 0.15) is 46.0 Å². The van der Waals surface area contributed by atoms with Crippen LogP contribution in [0.25, 0.3) is 0 Å². The molecule has 0 aromatic rings. The van der Waals surface area contributed by atoms with Gasteiger partial charge < -0.3 is 5.32 Å². The maximum Gasteiger partial charge on any atom is 0.0161 e. The fourth-order valence-electron chi connectivity index (χ4n) is 2.27. The van der Waals surface area contributed by atoms with Crippen LogP contribution < -0.4 is 5.32 Å². The summed E-state index contributed by atoms with van der Waals surface area (Å²) in [7, 11) is 0. The first kappa shape index (κ1) is 10.8. The van der Waals surface area contributed by atoms with Gasteiger partial charge in [0.15, 0.2) is 0 Å². The molecule has 2 unspecified atom stereocenters. The molecule has 0 aromatic heterocycles. The summed E-state index contributed by atoms with van der Waals surface area (Å²) in [6, 6.07) is 0.760. The first-order chi connectivity index (χ1) is 6.24. The summed E-state index contributed by atoms with van der Waals surface area (Å²) in [5.74, 6) is 0.910. The average Bonchev–Trinajstić information content (AvgIpc) is 2.15. The number of rotatable bonds is 4. The molecule has 1 aliphatic rings. The monoisotopic (exact) mass is 181 g/mol. The zero-order chi connectivity index (χ0) is 9.68. The maximum absolute atomic E-state index is 3.93. The van der Waals surface area contributed by atoms with E-state index in [0.717, 1.165) is 18.5 Å². The van der Waals surface area contributed by atoms with Gasteiger partial charge in [-0.2, -0.15) is 0 Å². The maximum atomic E-state index is 3.93. The summed E-state index contributed by atoms with van der Waals surface area (Å²) in [4.78, 5) is 0. The number of nitrogens with one attached hydrogen (secondary N) is 1.